The van der Waals surface area contributed by atoms with Crippen LogP contribution in [0.2, 0.25) is 0 Å². The van der Waals surface area contributed by atoms with Crippen molar-refractivity contribution in [1.29, 1.82) is 0 Å². The van der Waals surface area contributed by atoms with Crippen LogP contribution < -0.4 is 0 Å². The molecule has 112 valence electrons. The topological polar surface area (TPSA) is 0 Å². The number of hydrogen-bond acceptors (Lipinski definition) is 0. The van der Waals surface area contributed by atoms with Gasteiger partial charge in [0.25, 0.3) is 0 Å². The van der Waals surface area contributed by atoms with Crippen molar-refractivity contribution in [2.24, 2.45) is 0 Å². The predicted molar refractivity (Wildman–Crippen MR) is 92.8 cm³/mol. The van der Waals surface area contributed by atoms with Gasteiger partial charge in [-0.1, -0.05) is 93.8 Å². The Bertz CT molecular complexity index is 478. The lowest BCUT2D eigenvalue weighted by Crippen LogP contribution is -2.03. The molecule has 0 bridgehead atoms. The second kappa shape index (κ2) is 8.67. The standard InChI is InChI=1S/C12H16.C9H12/c1-3-7-11(8-4-1)12-9-5-2-6-10-12;1-8(2)9-6-4-3-5-7-9/h1,3-4,7-8,12H,2,5-6,9-10H2;3-8H,1-2H3. The van der Waals surface area contributed by atoms with Crippen molar-refractivity contribution in [2.75, 3.05) is 0 Å². The summed E-state index contributed by atoms with van der Waals surface area (Å²) >= 11 is 0. The van der Waals surface area contributed by atoms with Crippen molar-refractivity contribution >= 4 is 0 Å². The van der Waals surface area contributed by atoms with E-state index in [2.05, 4.69) is 68.4 Å². The summed E-state index contributed by atoms with van der Waals surface area (Å²) in [6.07, 6.45) is 7.12. The maximum absolute atomic E-state index is 2.27. The molecule has 1 saturated carbocycles. The summed E-state index contributed by atoms with van der Waals surface area (Å²) in [6, 6.07) is 21.5. The van der Waals surface area contributed by atoms with Crippen molar-refractivity contribution in [1.82, 2.24) is 0 Å². The molecule has 2 aromatic rings. The van der Waals surface area contributed by atoms with E-state index in [4.69, 9.17) is 0 Å². The Hall–Kier alpha value is -1.56. The maximum Gasteiger partial charge on any atom is -0.0162 e. The van der Waals surface area contributed by atoms with Crippen molar-refractivity contribution in [2.45, 2.75) is 57.8 Å². The molecule has 1 aliphatic rings. The Morgan fingerprint density at radius 2 is 1.24 bits per heavy atom. The van der Waals surface area contributed by atoms with Crippen LogP contribution in [0.15, 0.2) is 60.7 Å². The molecule has 0 spiro atoms. The molecular formula is C21H28. The first kappa shape index (κ1) is 15.8. The van der Waals surface area contributed by atoms with Crippen LogP contribution in [0.4, 0.5) is 0 Å². The average molecular weight is 280 g/mol. The first-order valence-electron chi connectivity index (χ1n) is 8.37. The molecule has 0 atom stereocenters. The minimum absolute atomic E-state index is 0.659. The highest BCUT2D eigenvalue weighted by Gasteiger charge is 2.14. The van der Waals surface area contributed by atoms with Crippen LogP contribution in [0, 0.1) is 0 Å². The van der Waals surface area contributed by atoms with Gasteiger partial charge in [-0.2, -0.15) is 0 Å². The molecule has 1 aliphatic carbocycles. The fraction of sp³-hybridized carbons (Fsp3) is 0.429. The summed E-state index contributed by atoms with van der Waals surface area (Å²) in [5, 5.41) is 0. The van der Waals surface area contributed by atoms with E-state index >= 15 is 0 Å². The summed E-state index contributed by atoms with van der Waals surface area (Å²) in [6.45, 7) is 4.41. The molecule has 0 aromatic heterocycles. The summed E-state index contributed by atoms with van der Waals surface area (Å²) < 4.78 is 0. The lowest BCUT2D eigenvalue weighted by molar-refractivity contribution is 0.443. The van der Waals surface area contributed by atoms with Gasteiger partial charge in [0.05, 0.1) is 0 Å². The van der Waals surface area contributed by atoms with Gasteiger partial charge in [0.15, 0.2) is 0 Å². The predicted octanol–water partition coefficient (Wildman–Crippen LogP) is 6.54. The van der Waals surface area contributed by atoms with Gasteiger partial charge in [0.1, 0.15) is 0 Å². The normalized spacial score (nSPS) is 15.4. The molecule has 1 fully saturated rings. The molecule has 0 N–H and O–H groups in total. The Labute approximate surface area is 130 Å². The molecule has 21 heavy (non-hydrogen) atoms. The molecular weight excluding hydrogens is 252 g/mol. The van der Waals surface area contributed by atoms with E-state index in [9.17, 15) is 0 Å². The molecule has 2 aromatic carbocycles. The quantitative estimate of drug-likeness (QED) is 0.585. The Morgan fingerprint density at radius 1 is 0.714 bits per heavy atom. The van der Waals surface area contributed by atoms with Gasteiger partial charge in [-0.3, -0.25) is 0 Å². The van der Waals surface area contributed by atoms with Gasteiger partial charge in [-0.05, 0) is 35.8 Å². The average Bonchev–Trinajstić information content (AvgIpc) is 2.58. The monoisotopic (exact) mass is 280 g/mol. The fourth-order valence-electron chi connectivity index (χ4n) is 3.00. The SMILES string of the molecule is CC(C)c1ccccc1.c1ccc(C2CCCCC2)cc1. The van der Waals surface area contributed by atoms with Crippen LogP contribution >= 0.6 is 0 Å². The van der Waals surface area contributed by atoms with Crippen LogP contribution in [0.1, 0.15) is 68.9 Å². The molecule has 0 amide bonds. The Balaban J connectivity index is 0.000000161. The summed E-state index contributed by atoms with van der Waals surface area (Å²) in [5.74, 6) is 1.52. The van der Waals surface area contributed by atoms with E-state index in [1.807, 2.05) is 6.07 Å². The van der Waals surface area contributed by atoms with E-state index in [1.165, 1.54) is 37.7 Å². The molecule has 0 heteroatoms. The van der Waals surface area contributed by atoms with E-state index in [0.717, 1.165) is 5.92 Å². The molecule has 3 rings (SSSR count). The van der Waals surface area contributed by atoms with E-state index in [-0.39, 0.29) is 0 Å². The maximum atomic E-state index is 2.27. The zero-order valence-corrected chi connectivity index (χ0v) is 13.5. The van der Waals surface area contributed by atoms with E-state index in [1.54, 1.807) is 5.56 Å². The highest BCUT2D eigenvalue weighted by molar-refractivity contribution is 5.19. The summed E-state index contributed by atoms with van der Waals surface area (Å²) in [4.78, 5) is 0. The van der Waals surface area contributed by atoms with Crippen molar-refractivity contribution in [3.05, 3.63) is 71.8 Å². The van der Waals surface area contributed by atoms with Crippen LogP contribution in [0.3, 0.4) is 0 Å². The van der Waals surface area contributed by atoms with Gasteiger partial charge in [-0.15, -0.1) is 0 Å². The lowest BCUT2D eigenvalue weighted by Gasteiger charge is -2.21. The van der Waals surface area contributed by atoms with Crippen LogP contribution in [0.25, 0.3) is 0 Å². The minimum Gasteiger partial charge on any atom is -0.0622 e. The van der Waals surface area contributed by atoms with Gasteiger partial charge < -0.3 is 0 Å². The second-order valence-corrected chi connectivity index (χ2v) is 6.31. The van der Waals surface area contributed by atoms with Gasteiger partial charge in [0.2, 0.25) is 0 Å². The zero-order chi connectivity index (χ0) is 14.9. The van der Waals surface area contributed by atoms with Crippen molar-refractivity contribution in [3.63, 3.8) is 0 Å². The third-order valence-electron chi connectivity index (χ3n) is 4.34. The van der Waals surface area contributed by atoms with Gasteiger partial charge in [0, 0.05) is 0 Å². The molecule has 0 unspecified atom stereocenters. The first-order chi connectivity index (χ1) is 10.3. The highest BCUT2D eigenvalue weighted by Crippen LogP contribution is 2.32. The minimum atomic E-state index is 0.659. The smallest absolute Gasteiger partial charge is 0.0162 e. The fourth-order valence-corrected chi connectivity index (χ4v) is 3.00. The van der Waals surface area contributed by atoms with Crippen molar-refractivity contribution in [3.8, 4) is 0 Å². The summed E-state index contributed by atoms with van der Waals surface area (Å²) in [7, 11) is 0. The zero-order valence-electron chi connectivity index (χ0n) is 13.5. The number of rotatable bonds is 2. The third kappa shape index (κ3) is 5.38. The molecule has 0 saturated heterocycles. The third-order valence-corrected chi connectivity index (χ3v) is 4.34. The van der Waals surface area contributed by atoms with E-state index in [0.29, 0.717) is 5.92 Å². The first-order valence-corrected chi connectivity index (χ1v) is 8.37. The Kier molecular flexibility index (Phi) is 6.53. The van der Waals surface area contributed by atoms with Crippen LogP contribution in [-0.4, -0.2) is 0 Å². The molecule has 0 nitrogen and oxygen atoms in total. The van der Waals surface area contributed by atoms with Crippen molar-refractivity contribution < 1.29 is 0 Å². The molecule has 0 heterocycles. The van der Waals surface area contributed by atoms with Gasteiger partial charge in [-0.25, -0.2) is 0 Å². The molecule has 0 aliphatic heterocycles. The van der Waals surface area contributed by atoms with Gasteiger partial charge >= 0.3 is 0 Å². The van der Waals surface area contributed by atoms with Crippen LogP contribution in [0.5, 0.6) is 0 Å². The Morgan fingerprint density at radius 3 is 1.71 bits per heavy atom. The summed E-state index contributed by atoms with van der Waals surface area (Å²) in [5.41, 5.74) is 2.97. The number of hydrogen-bond donors (Lipinski definition) is 0. The number of benzene rings is 2. The van der Waals surface area contributed by atoms with Crippen LogP contribution in [-0.2, 0) is 0 Å². The second-order valence-electron chi connectivity index (χ2n) is 6.31. The highest BCUT2D eigenvalue weighted by atomic mass is 14.2. The lowest BCUT2D eigenvalue weighted by atomic mass is 9.84. The van der Waals surface area contributed by atoms with E-state index < -0.39 is 0 Å². The largest absolute Gasteiger partial charge is 0.0622 e. The molecule has 0 radical (unpaired) electrons.